The normalized spacial score (nSPS) is 10.2. The number of ketones is 1. The lowest BCUT2D eigenvalue weighted by atomic mass is 10.1. The van der Waals surface area contributed by atoms with Gasteiger partial charge < -0.3 is 10.4 Å². The summed E-state index contributed by atoms with van der Waals surface area (Å²) in [6.45, 7) is 0.0268. The standard InChI is InChI=1S/C9H9BrFNO2/c1-12-4-7(14)8-5(10)2-3-6(13)9(8)11/h2-3,12-13H,4H2,1H3. The van der Waals surface area contributed by atoms with Crippen LogP contribution in [0, 0.1) is 5.82 Å². The van der Waals surface area contributed by atoms with E-state index in [0.717, 1.165) is 0 Å². The van der Waals surface area contributed by atoms with Crippen LogP contribution in [0.1, 0.15) is 10.4 Å². The van der Waals surface area contributed by atoms with E-state index in [0.29, 0.717) is 4.47 Å². The number of halogens is 2. The molecule has 1 rings (SSSR count). The first-order valence-corrected chi connectivity index (χ1v) is 4.72. The molecule has 1 aromatic rings. The van der Waals surface area contributed by atoms with Gasteiger partial charge in [-0.1, -0.05) is 0 Å². The molecule has 0 aromatic heterocycles. The Balaban J connectivity index is 3.18. The van der Waals surface area contributed by atoms with Crippen molar-refractivity contribution in [2.24, 2.45) is 0 Å². The highest BCUT2D eigenvalue weighted by atomic mass is 79.9. The van der Waals surface area contributed by atoms with Crippen molar-refractivity contribution < 1.29 is 14.3 Å². The quantitative estimate of drug-likeness (QED) is 0.815. The molecule has 0 atom stereocenters. The molecule has 0 bridgehead atoms. The molecule has 76 valence electrons. The van der Waals surface area contributed by atoms with Crippen LogP contribution in [-0.2, 0) is 0 Å². The number of carbonyl (C=O) groups excluding carboxylic acids is 1. The zero-order chi connectivity index (χ0) is 10.7. The number of phenols is 1. The van der Waals surface area contributed by atoms with Crippen molar-refractivity contribution in [3.05, 3.63) is 28.0 Å². The maximum Gasteiger partial charge on any atom is 0.180 e. The van der Waals surface area contributed by atoms with Gasteiger partial charge in [0.15, 0.2) is 17.3 Å². The van der Waals surface area contributed by atoms with E-state index in [-0.39, 0.29) is 12.1 Å². The van der Waals surface area contributed by atoms with E-state index in [1.807, 2.05) is 0 Å². The molecule has 0 fully saturated rings. The van der Waals surface area contributed by atoms with Crippen LogP contribution >= 0.6 is 15.9 Å². The molecule has 5 heteroatoms. The van der Waals surface area contributed by atoms with E-state index in [2.05, 4.69) is 21.2 Å². The second kappa shape index (κ2) is 4.52. The average Bonchev–Trinajstić information content (AvgIpc) is 2.13. The van der Waals surface area contributed by atoms with E-state index in [1.54, 1.807) is 7.05 Å². The minimum Gasteiger partial charge on any atom is -0.505 e. The molecule has 1 aromatic carbocycles. The summed E-state index contributed by atoms with van der Waals surface area (Å²) in [6.07, 6.45) is 0. The van der Waals surface area contributed by atoms with Crippen LogP contribution in [0.2, 0.25) is 0 Å². The Morgan fingerprint density at radius 2 is 2.29 bits per heavy atom. The highest BCUT2D eigenvalue weighted by Gasteiger charge is 2.17. The lowest BCUT2D eigenvalue weighted by molar-refractivity contribution is 0.0988. The first-order valence-electron chi connectivity index (χ1n) is 3.92. The summed E-state index contributed by atoms with van der Waals surface area (Å²) in [6, 6.07) is 2.62. The van der Waals surface area contributed by atoms with Crippen LogP contribution in [0.4, 0.5) is 4.39 Å². The van der Waals surface area contributed by atoms with Crippen LogP contribution in [-0.4, -0.2) is 24.5 Å². The maximum atomic E-state index is 13.3. The summed E-state index contributed by atoms with van der Waals surface area (Å²) >= 11 is 3.05. The number of nitrogens with one attached hydrogen (secondary N) is 1. The van der Waals surface area contributed by atoms with Crippen molar-refractivity contribution in [3.8, 4) is 5.75 Å². The number of carbonyl (C=O) groups is 1. The topological polar surface area (TPSA) is 49.3 Å². The van der Waals surface area contributed by atoms with Crippen molar-refractivity contribution in [1.29, 1.82) is 0 Å². The van der Waals surface area contributed by atoms with Gasteiger partial charge in [0.1, 0.15) is 0 Å². The molecule has 0 aliphatic carbocycles. The summed E-state index contributed by atoms with van der Waals surface area (Å²) in [5, 5.41) is 11.7. The number of aromatic hydroxyl groups is 1. The van der Waals surface area contributed by atoms with Crippen LogP contribution in [0.25, 0.3) is 0 Å². The van der Waals surface area contributed by atoms with Gasteiger partial charge in [0.25, 0.3) is 0 Å². The molecule has 0 radical (unpaired) electrons. The number of benzene rings is 1. The number of hydrogen-bond acceptors (Lipinski definition) is 3. The van der Waals surface area contributed by atoms with Crippen molar-refractivity contribution in [1.82, 2.24) is 5.32 Å². The molecule has 2 N–H and O–H groups in total. The largest absolute Gasteiger partial charge is 0.505 e. The monoisotopic (exact) mass is 261 g/mol. The lowest BCUT2D eigenvalue weighted by Crippen LogP contribution is -2.20. The molecule has 0 amide bonds. The average molecular weight is 262 g/mol. The fraction of sp³-hybridized carbons (Fsp3) is 0.222. The molecule has 0 aliphatic heterocycles. The molecule has 0 unspecified atom stereocenters. The Hall–Kier alpha value is -0.940. The Bertz CT molecular complexity index is 368. The molecule has 14 heavy (non-hydrogen) atoms. The number of Topliss-reactive ketones (excluding diaryl/α,β-unsaturated/α-hetero) is 1. The summed E-state index contributed by atoms with van der Waals surface area (Å²) in [7, 11) is 1.59. The predicted molar refractivity (Wildman–Crippen MR) is 54.0 cm³/mol. The van der Waals surface area contributed by atoms with Gasteiger partial charge in [0, 0.05) is 4.47 Å². The molecular weight excluding hydrogens is 253 g/mol. The highest BCUT2D eigenvalue weighted by molar-refractivity contribution is 9.10. The Morgan fingerprint density at radius 3 is 2.86 bits per heavy atom. The SMILES string of the molecule is CNCC(=O)c1c(Br)ccc(O)c1F. The Labute approximate surface area is 89.1 Å². The summed E-state index contributed by atoms with van der Waals surface area (Å²) in [5.41, 5.74) is -0.126. The number of phenolic OH excluding ortho intramolecular Hbond substituents is 1. The van der Waals surface area contributed by atoms with Crippen LogP contribution in [0.15, 0.2) is 16.6 Å². The Morgan fingerprint density at radius 1 is 1.64 bits per heavy atom. The first kappa shape index (κ1) is 11.1. The van der Waals surface area contributed by atoms with E-state index >= 15 is 0 Å². The van der Waals surface area contributed by atoms with Gasteiger partial charge in [-0.05, 0) is 35.1 Å². The van der Waals surface area contributed by atoms with Gasteiger partial charge in [-0.3, -0.25) is 4.79 Å². The van der Waals surface area contributed by atoms with Gasteiger partial charge in [-0.25, -0.2) is 4.39 Å². The Kier molecular flexibility index (Phi) is 3.60. The van der Waals surface area contributed by atoms with E-state index < -0.39 is 17.3 Å². The van der Waals surface area contributed by atoms with E-state index in [9.17, 15) is 9.18 Å². The number of likely N-dealkylation sites (N-methyl/N-ethyl adjacent to an activating group) is 1. The molecule has 0 heterocycles. The lowest BCUT2D eigenvalue weighted by Gasteiger charge is -2.05. The molecule has 0 aliphatic rings. The fourth-order valence-electron chi connectivity index (χ4n) is 1.05. The van der Waals surface area contributed by atoms with Gasteiger partial charge >= 0.3 is 0 Å². The van der Waals surface area contributed by atoms with Gasteiger partial charge in [0.2, 0.25) is 0 Å². The van der Waals surface area contributed by atoms with Crippen molar-refractivity contribution in [3.63, 3.8) is 0 Å². The first-order chi connectivity index (χ1) is 6.57. The fourth-order valence-corrected chi connectivity index (χ4v) is 1.57. The summed E-state index contributed by atoms with van der Waals surface area (Å²) in [5.74, 6) is -1.82. The zero-order valence-corrected chi connectivity index (χ0v) is 9.06. The summed E-state index contributed by atoms with van der Waals surface area (Å²) in [4.78, 5) is 11.4. The van der Waals surface area contributed by atoms with Gasteiger partial charge in [-0.2, -0.15) is 0 Å². The number of rotatable bonds is 3. The second-order valence-electron chi connectivity index (χ2n) is 2.71. The van der Waals surface area contributed by atoms with E-state index in [4.69, 9.17) is 5.11 Å². The molecule has 0 saturated carbocycles. The minimum atomic E-state index is -0.889. The van der Waals surface area contributed by atoms with Crippen molar-refractivity contribution in [2.45, 2.75) is 0 Å². The third kappa shape index (κ3) is 2.10. The van der Waals surface area contributed by atoms with E-state index in [1.165, 1.54) is 12.1 Å². The predicted octanol–water partition coefficient (Wildman–Crippen LogP) is 1.70. The molecule has 3 nitrogen and oxygen atoms in total. The van der Waals surface area contributed by atoms with Crippen molar-refractivity contribution in [2.75, 3.05) is 13.6 Å². The molecule has 0 spiro atoms. The van der Waals surface area contributed by atoms with Crippen LogP contribution in [0.3, 0.4) is 0 Å². The van der Waals surface area contributed by atoms with Crippen LogP contribution < -0.4 is 5.32 Å². The summed E-state index contributed by atoms with van der Waals surface area (Å²) < 4.78 is 13.6. The second-order valence-corrected chi connectivity index (χ2v) is 3.56. The smallest absolute Gasteiger partial charge is 0.180 e. The van der Waals surface area contributed by atoms with Gasteiger partial charge in [0.05, 0.1) is 12.1 Å². The third-order valence-electron chi connectivity index (χ3n) is 1.69. The van der Waals surface area contributed by atoms with Crippen molar-refractivity contribution >= 4 is 21.7 Å². The number of hydrogen-bond donors (Lipinski definition) is 2. The van der Waals surface area contributed by atoms with Crippen LogP contribution in [0.5, 0.6) is 5.75 Å². The van der Waals surface area contributed by atoms with Gasteiger partial charge in [-0.15, -0.1) is 0 Å². The minimum absolute atomic E-state index is 0.0268. The zero-order valence-electron chi connectivity index (χ0n) is 7.47. The third-order valence-corrected chi connectivity index (χ3v) is 2.35. The molecular formula is C9H9BrFNO2. The highest BCUT2D eigenvalue weighted by Crippen LogP contribution is 2.26. The maximum absolute atomic E-state index is 13.3. The molecule has 0 saturated heterocycles.